The summed E-state index contributed by atoms with van der Waals surface area (Å²) in [6.45, 7) is 2.38. The summed E-state index contributed by atoms with van der Waals surface area (Å²) < 4.78 is 14.7. The van der Waals surface area contributed by atoms with Crippen molar-refractivity contribution in [3.05, 3.63) is 60.3 Å². The Labute approximate surface area is 168 Å². The molecular weight excluding hydrogens is 371 g/mol. The van der Waals surface area contributed by atoms with Crippen LogP contribution in [0.4, 0.5) is 10.3 Å². The average Bonchev–Trinajstić information content (AvgIpc) is 3.15. The number of piperidine rings is 1. The van der Waals surface area contributed by atoms with Crippen molar-refractivity contribution in [2.24, 2.45) is 13.0 Å². The first-order chi connectivity index (χ1) is 14.1. The Morgan fingerprint density at radius 3 is 2.55 bits per heavy atom. The summed E-state index contributed by atoms with van der Waals surface area (Å²) in [4.78, 5) is 23.4. The fourth-order valence-corrected chi connectivity index (χ4v) is 3.56. The number of carbonyl (C=O) groups is 1. The number of amides is 1. The Morgan fingerprint density at radius 1 is 1.17 bits per heavy atom. The summed E-state index contributed by atoms with van der Waals surface area (Å²) in [7, 11) is 1.74. The molecule has 0 radical (unpaired) electrons. The van der Waals surface area contributed by atoms with Crippen LogP contribution in [0.15, 0.2) is 48.8 Å². The molecule has 1 aromatic carbocycles. The molecule has 3 aromatic rings. The number of rotatable bonds is 5. The van der Waals surface area contributed by atoms with E-state index < -0.39 is 0 Å². The average molecular weight is 394 g/mol. The molecule has 150 valence electrons. The number of nitrogens with zero attached hydrogens (tertiary/aromatic N) is 5. The van der Waals surface area contributed by atoms with Crippen molar-refractivity contribution in [1.29, 1.82) is 0 Å². The maximum absolute atomic E-state index is 13.1. The fourth-order valence-electron chi connectivity index (χ4n) is 3.56. The van der Waals surface area contributed by atoms with Gasteiger partial charge in [0, 0.05) is 44.6 Å². The zero-order chi connectivity index (χ0) is 20.2. The van der Waals surface area contributed by atoms with Crippen molar-refractivity contribution in [3.8, 4) is 11.3 Å². The van der Waals surface area contributed by atoms with Gasteiger partial charge in [-0.3, -0.25) is 9.48 Å². The van der Waals surface area contributed by atoms with E-state index in [1.165, 1.54) is 12.1 Å². The van der Waals surface area contributed by atoms with E-state index in [1.54, 1.807) is 42.3 Å². The molecule has 0 bridgehead atoms. The smallest absolute Gasteiger partial charge is 0.269 e. The summed E-state index contributed by atoms with van der Waals surface area (Å²) >= 11 is 0. The van der Waals surface area contributed by atoms with Gasteiger partial charge in [0.15, 0.2) is 0 Å². The van der Waals surface area contributed by atoms with Crippen molar-refractivity contribution in [1.82, 2.24) is 25.1 Å². The number of halogens is 1. The first-order valence-corrected chi connectivity index (χ1v) is 9.70. The molecule has 3 heterocycles. The number of aromatic nitrogens is 4. The SMILES string of the molecule is Cn1nc(-c2ccc(F)cc2)cc1C(=O)NCC1CCN(c2ncccn2)CC1. The van der Waals surface area contributed by atoms with E-state index in [0.717, 1.165) is 37.4 Å². The van der Waals surface area contributed by atoms with Crippen LogP contribution in [0.5, 0.6) is 0 Å². The van der Waals surface area contributed by atoms with Crippen LogP contribution in [0.3, 0.4) is 0 Å². The van der Waals surface area contributed by atoms with Gasteiger partial charge < -0.3 is 10.2 Å². The maximum atomic E-state index is 13.1. The first-order valence-electron chi connectivity index (χ1n) is 9.70. The molecule has 1 fully saturated rings. The lowest BCUT2D eigenvalue weighted by molar-refractivity contribution is 0.0935. The Hall–Kier alpha value is -3.29. The molecule has 1 N–H and O–H groups in total. The molecule has 0 atom stereocenters. The maximum Gasteiger partial charge on any atom is 0.269 e. The molecule has 0 saturated carbocycles. The van der Waals surface area contributed by atoms with E-state index in [2.05, 4.69) is 25.3 Å². The zero-order valence-corrected chi connectivity index (χ0v) is 16.3. The highest BCUT2D eigenvalue weighted by atomic mass is 19.1. The van der Waals surface area contributed by atoms with Gasteiger partial charge in [-0.25, -0.2) is 14.4 Å². The van der Waals surface area contributed by atoms with Crippen LogP contribution in [0.1, 0.15) is 23.3 Å². The normalized spacial score (nSPS) is 14.8. The van der Waals surface area contributed by atoms with Crippen LogP contribution >= 0.6 is 0 Å². The van der Waals surface area contributed by atoms with Crippen LogP contribution in [0, 0.1) is 11.7 Å². The van der Waals surface area contributed by atoms with Gasteiger partial charge in [-0.1, -0.05) is 0 Å². The highest BCUT2D eigenvalue weighted by molar-refractivity contribution is 5.93. The van der Waals surface area contributed by atoms with Crippen molar-refractivity contribution in [3.63, 3.8) is 0 Å². The molecule has 29 heavy (non-hydrogen) atoms. The Kier molecular flexibility index (Phi) is 5.50. The lowest BCUT2D eigenvalue weighted by atomic mass is 9.97. The lowest BCUT2D eigenvalue weighted by Gasteiger charge is -2.31. The molecule has 1 aliphatic rings. The number of aryl methyl sites for hydroxylation is 1. The van der Waals surface area contributed by atoms with Gasteiger partial charge in [0.2, 0.25) is 5.95 Å². The number of hydrogen-bond acceptors (Lipinski definition) is 5. The molecule has 0 unspecified atom stereocenters. The second kappa shape index (κ2) is 8.38. The van der Waals surface area contributed by atoms with Crippen LogP contribution in [-0.2, 0) is 7.05 Å². The lowest BCUT2D eigenvalue weighted by Crippen LogP contribution is -2.39. The summed E-state index contributed by atoms with van der Waals surface area (Å²) in [5.41, 5.74) is 1.91. The summed E-state index contributed by atoms with van der Waals surface area (Å²) in [6.07, 6.45) is 5.46. The monoisotopic (exact) mass is 394 g/mol. The van der Waals surface area contributed by atoms with E-state index in [4.69, 9.17) is 0 Å². The van der Waals surface area contributed by atoms with Gasteiger partial charge in [-0.05, 0) is 55.2 Å². The third kappa shape index (κ3) is 4.42. The molecule has 1 saturated heterocycles. The predicted molar refractivity (Wildman–Crippen MR) is 108 cm³/mol. The van der Waals surface area contributed by atoms with Gasteiger partial charge in [0.1, 0.15) is 11.5 Å². The minimum atomic E-state index is -0.299. The largest absolute Gasteiger partial charge is 0.350 e. The molecule has 4 rings (SSSR count). The van der Waals surface area contributed by atoms with Crippen molar-refractivity contribution in [2.75, 3.05) is 24.5 Å². The zero-order valence-electron chi connectivity index (χ0n) is 16.3. The van der Waals surface area contributed by atoms with Crippen LogP contribution in [0.25, 0.3) is 11.3 Å². The third-order valence-electron chi connectivity index (χ3n) is 5.25. The summed E-state index contributed by atoms with van der Waals surface area (Å²) in [6, 6.07) is 9.63. The van der Waals surface area contributed by atoms with E-state index >= 15 is 0 Å². The molecule has 7 nitrogen and oxygen atoms in total. The summed E-state index contributed by atoms with van der Waals surface area (Å²) in [5.74, 6) is 0.733. The van der Waals surface area contributed by atoms with Gasteiger partial charge in [0.05, 0.1) is 5.69 Å². The standard InChI is InChI=1S/C21H23FN6O/c1-27-19(13-18(26-27)16-3-5-17(22)6-4-16)20(29)25-14-15-7-11-28(12-8-15)21-23-9-2-10-24-21/h2-6,9-10,13,15H,7-8,11-12,14H2,1H3,(H,25,29). The number of hydrogen-bond donors (Lipinski definition) is 1. The van der Waals surface area contributed by atoms with Gasteiger partial charge in [-0.2, -0.15) is 5.10 Å². The van der Waals surface area contributed by atoms with Gasteiger partial charge in [0.25, 0.3) is 5.91 Å². The van der Waals surface area contributed by atoms with E-state index in [-0.39, 0.29) is 11.7 Å². The quantitative estimate of drug-likeness (QED) is 0.720. The molecular formula is C21H23FN6O. The molecule has 1 amide bonds. The number of benzene rings is 1. The molecule has 8 heteroatoms. The van der Waals surface area contributed by atoms with Gasteiger partial charge >= 0.3 is 0 Å². The minimum Gasteiger partial charge on any atom is -0.350 e. The van der Waals surface area contributed by atoms with E-state index in [0.29, 0.717) is 23.9 Å². The minimum absolute atomic E-state index is 0.151. The van der Waals surface area contributed by atoms with Crippen LogP contribution in [-0.4, -0.2) is 45.3 Å². The second-order valence-corrected chi connectivity index (χ2v) is 7.23. The molecule has 2 aromatic heterocycles. The topological polar surface area (TPSA) is 75.9 Å². The first kappa shape index (κ1) is 19.0. The Bertz CT molecular complexity index is 965. The van der Waals surface area contributed by atoms with E-state index in [9.17, 15) is 9.18 Å². The number of anilines is 1. The van der Waals surface area contributed by atoms with Crippen molar-refractivity contribution >= 4 is 11.9 Å². The fraction of sp³-hybridized carbons (Fsp3) is 0.333. The Balaban J connectivity index is 1.32. The third-order valence-corrected chi connectivity index (χ3v) is 5.25. The molecule has 0 spiro atoms. The number of carbonyl (C=O) groups excluding carboxylic acids is 1. The molecule has 1 aliphatic heterocycles. The van der Waals surface area contributed by atoms with Crippen molar-refractivity contribution < 1.29 is 9.18 Å². The Morgan fingerprint density at radius 2 is 1.86 bits per heavy atom. The van der Waals surface area contributed by atoms with E-state index in [1.807, 2.05) is 6.07 Å². The second-order valence-electron chi connectivity index (χ2n) is 7.23. The predicted octanol–water partition coefficient (Wildman–Crippen LogP) is 2.66. The highest BCUT2D eigenvalue weighted by Crippen LogP contribution is 2.21. The van der Waals surface area contributed by atoms with Gasteiger partial charge in [-0.15, -0.1) is 0 Å². The van der Waals surface area contributed by atoms with Crippen LogP contribution < -0.4 is 10.2 Å². The highest BCUT2D eigenvalue weighted by Gasteiger charge is 2.22. The number of nitrogens with one attached hydrogen (secondary N) is 1. The summed E-state index contributed by atoms with van der Waals surface area (Å²) in [5, 5.41) is 7.41. The van der Waals surface area contributed by atoms with Crippen molar-refractivity contribution in [2.45, 2.75) is 12.8 Å². The van der Waals surface area contributed by atoms with Crippen LogP contribution in [0.2, 0.25) is 0 Å². The molecule has 0 aliphatic carbocycles.